The van der Waals surface area contributed by atoms with Crippen LogP contribution in [-0.2, 0) is 12.8 Å². The van der Waals surface area contributed by atoms with Gasteiger partial charge in [-0.1, -0.05) is 47.2 Å². The molecule has 0 aliphatic rings. The lowest BCUT2D eigenvalue weighted by molar-refractivity contribution is 0.354. The number of aryl methyl sites for hydroxylation is 2. The van der Waals surface area contributed by atoms with E-state index in [2.05, 4.69) is 15.3 Å². The van der Waals surface area contributed by atoms with Crippen molar-refractivity contribution in [3.05, 3.63) is 58.9 Å². The molecule has 4 rings (SSSR count). The quantitative estimate of drug-likeness (QED) is 0.482. The Hall–Kier alpha value is -2.64. The molecule has 0 radical (unpaired) electrons. The van der Waals surface area contributed by atoms with Crippen molar-refractivity contribution in [1.29, 1.82) is 0 Å². The first kappa shape index (κ1) is 17.8. The van der Waals surface area contributed by atoms with Crippen molar-refractivity contribution >= 4 is 27.9 Å². The summed E-state index contributed by atoms with van der Waals surface area (Å²) in [7, 11) is 3.26. The van der Waals surface area contributed by atoms with Gasteiger partial charge in [0.2, 0.25) is 4.96 Å². The van der Waals surface area contributed by atoms with Crippen molar-refractivity contribution in [2.45, 2.75) is 12.8 Å². The lowest BCUT2D eigenvalue weighted by atomic mass is 10.1. The molecule has 138 valence electrons. The number of halogens is 1. The molecule has 2 aromatic heterocycles. The van der Waals surface area contributed by atoms with Gasteiger partial charge in [0.25, 0.3) is 0 Å². The highest BCUT2D eigenvalue weighted by Crippen LogP contribution is 2.31. The molecule has 0 unspecified atom stereocenters. The molecule has 0 fully saturated rings. The summed E-state index contributed by atoms with van der Waals surface area (Å²) in [6, 6.07) is 13.6. The molecule has 6 nitrogen and oxygen atoms in total. The van der Waals surface area contributed by atoms with Crippen LogP contribution in [-0.4, -0.2) is 34.0 Å². The van der Waals surface area contributed by atoms with Crippen LogP contribution in [0.1, 0.15) is 11.4 Å². The Labute approximate surface area is 165 Å². The first-order valence-corrected chi connectivity index (χ1v) is 9.56. The molecule has 0 saturated heterocycles. The number of hydrogen-bond donors (Lipinski definition) is 0. The fourth-order valence-electron chi connectivity index (χ4n) is 2.85. The van der Waals surface area contributed by atoms with Crippen LogP contribution in [0.25, 0.3) is 15.5 Å². The van der Waals surface area contributed by atoms with Gasteiger partial charge in [0.05, 0.1) is 19.2 Å². The van der Waals surface area contributed by atoms with Crippen LogP contribution in [0.15, 0.2) is 42.5 Å². The summed E-state index contributed by atoms with van der Waals surface area (Å²) in [5.41, 5.74) is 2.03. The lowest BCUT2D eigenvalue weighted by Gasteiger charge is -2.09. The molecule has 0 atom stereocenters. The lowest BCUT2D eigenvalue weighted by Crippen LogP contribution is -2.00. The predicted molar refractivity (Wildman–Crippen MR) is 106 cm³/mol. The van der Waals surface area contributed by atoms with Gasteiger partial charge in [-0.15, -0.1) is 10.2 Å². The Kier molecular flexibility index (Phi) is 4.96. The molecule has 0 amide bonds. The average molecular weight is 401 g/mol. The van der Waals surface area contributed by atoms with Gasteiger partial charge in [-0.05, 0) is 30.2 Å². The number of methoxy groups -OCH3 is 2. The van der Waals surface area contributed by atoms with Crippen LogP contribution in [0.4, 0.5) is 0 Å². The van der Waals surface area contributed by atoms with E-state index in [0.29, 0.717) is 11.4 Å². The molecule has 0 spiro atoms. The largest absolute Gasteiger partial charge is 0.493 e. The standard InChI is InChI=1S/C19H17ClN4O2S/c1-25-15-9-7-12(11-16(15)26-2)8-10-17-21-22-19-24(17)23-18(27-19)13-5-3-4-6-14(13)20/h3-7,9,11H,8,10H2,1-2H3. The molecule has 27 heavy (non-hydrogen) atoms. The monoisotopic (exact) mass is 400 g/mol. The first-order chi connectivity index (χ1) is 13.2. The third-order valence-corrected chi connectivity index (χ3v) is 5.51. The smallest absolute Gasteiger partial charge is 0.234 e. The number of fused-ring (bicyclic) bond motifs is 1. The third-order valence-electron chi connectivity index (χ3n) is 4.24. The van der Waals surface area contributed by atoms with E-state index in [1.165, 1.54) is 11.3 Å². The van der Waals surface area contributed by atoms with E-state index in [0.717, 1.165) is 44.8 Å². The van der Waals surface area contributed by atoms with Crippen LogP contribution in [0, 0.1) is 0 Å². The van der Waals surface area contributed by atoms with Gasteiger partial charge in [0, 0.05) is 12.0 Å². The minimum Gasteiger partial charge on any atom is -0.493 e. The fourth-order valence-corrected chi connectivity index (χ4v) is 4.03. The number of rotatable bonds is 6. The van der Waals surface area contributed by atoms with Gasteiger partial charge in [-0.25, -0.2) is 0 Å². The SMILES string of the molecule is COc1ccc(CCc2nnc3sc(-c4ccccc4Cl)nn23)cc1OC. The second-order valence-corrected chi connectivity index (χ2v) is 7.25. The van der Waals surface area contributed by atoms with Crippen molar-refractivity contribution in [2.75, 3.05) is 14.2 Å². The van der Waals surface area contributed by atoms with E-state index in [9.17, 15) is 0 Å². The van der Waals surface area contributed by atoms with E-state index in [1.54, 1.807) is 18.7 Å². The second-order valence-electron chi connectivity index (χ2n) is 5.89. The summed E-state index contributed by atoms with van der Waals surface area (Å²) < 4.78 is 12.4. The van der Waals surface area contributed by atoms with Crippen LogP contribution >= 0.6 is 22.9 Å². The van der Waals surface area contributed by atoms with Crippen molar-refractivity contribution < 1.29 is 9.47 Å². The summed E-state index contributed by atoms with van der Waals surface area (Å²) in [4.78, 5) is 0.757. The maximum atomic E-state index is 6.29. The first-order valence-electron chi connectivity index (χ1n) is 8.36. The van der Waals surface area contributed by atoms with Gasteiger partial charge >= 0.3 is 0 Å². The van der Waals surface area contributed by atoms with E-state index in [4.69, 9.17) is 21.1 Å². The van der Waals surface area contributed by atoms with E-state index in [1.807, 2.05) is 42.5 Å². The Morgan fingerprint density at radius 2 is 1.81 bits per heavy atom. The highest BCUT2D eigenvalue weighted by molar-refractivity contribution is 7.19. The fraction of sp³-hybridized carbons (Fsp3) is 0.211. The molecule has 0 saturated carbocycles. The second kappa shape index (κ2) is 7.54. The molecule has 0 aliphatic heterocycles. The molecule has 8 heteroatoms. The van der Waals surface area contributed by atoms with Crippen molar-refractivity contribution in [1.82, 2.24) is 19.8 Å². The van der Waals surface area contributed by atoms with Gasteiger partial charge in [-0.2, -0.15) is 9.61 Å². The maximum absolute atomic E-state index is 6.29. The number of nitrogens with zero attached hydrogens (tertiary/aromatic N) is 4. The molecular weight excluding hydrogens is 384 g/mol. The summed E-state index contributed by atoms with van der Waals surface area (Å²) in [6.45, 7) is 0. The molecule has 2 aromatic carbocycles. The van der Waals surface area contributed by atoms with Crippen LogP contribution in [0.5, 0.6) is 11.5 Å². The van der Waals surface area contributed by atoms with Crippen molar-refractivity contribution in [3.8, 4) is 22.1 Å². The van der Waals surface area contributed by atoms with Crippen molar-refractivity contribution in [2.24, 2.45) is 0 Å². The Bertz CT molecular complexity index is 1090. The molecule has 2 heterocycles. The highest BCUT2D eigenvalue weighted by atomic mass is 35.5. The zero-order valence-corrected chi connectivity index (χ0v) is 16.4. The molecule has 0 bridgehead atoms. The number of aromatic nitrogens is 4. The molecule has 4 aromatic rings. The molecule has 0 aliphatic carbocycles. The number of benzene rings is 2. The Balaban J connectivity index is 1.57. The van der Waals surface area contributed by atoms with Gasteiger partial charge in [0.15, 0.2) is 17.3 Å². The summed E-state index contributed by atoms with van der Waals surface area (Å²) in [5, 5.41) is 14.7. The Morgan fingerprint density at radius 3 is 2.59 bits per heavy atom. The summed E-state index contributed by atoms with van der Waals surface area (Å²) in [6.07, 6.45) is 1.50. The molecule has 0 N–H and O–H groups in total. The topological polar surface area (TPSA) is 61.5 Å². The number of ether oxygens (including phenoxy) is 2. The van der Waals surface area contributed by atoms with Gasteiger partial charge in [-0.3, -0.25) is 0 Å². The van der Waals surface area contributed by atoms with Crippen molar-refractivity contribution in [3.63, 3.8) is 0 Å². The van der Waals surface area contributed by atoms with Crippen LogP contribution < -0.4 is 9.47 Å². The van der Waals surface area contributed by atoms with Crippen LogP contribution in [0.3, 0.4) is 0 Å². The third kappa shape index (κ3) is 3.48. The van der Waals surface area contributed by atoms with E-state index in [-0.39, 0.29) is 0 Å². The van der Waals surface area contributed by atoms with Gasteiger partial charge in [0.1, 0.15) is 5.01 Å². The van der Waals surface area contributed by atoms with E-state index < -0.39 is 0 Å². The average Bonchev–Trinajstić information content (AvgIpc) is 3.27. The van der Waals surface area contributed by atoms with Crippen LogP contribution in [0.2, 0.25) is 5.02 Å². The van der Waals surface area contributed by atoms with Gasteiger partial charge < -0.3 is 9.47 Å². The zero-order valence-electron chi connectivity index (χ0n) is 14.8. The van der Waals surface area contributed by atoms with E-state index >= 15 is 0 Å². The summed E-state index contributed by atoms with van der Waals surface area (Å²) >= 11 is 7.76. The predicted octanol–water partition coefficient (Wildman–Crippen LogP) is 4.31. The Morgan fingerprint density at radius 1 is 1.00 bits per heavy atom. The summed E-state index contributed by atoms with van der Waals surface area (Å²) in [5.74, 6) is 2.25. The zero-order chi connectivity index (χ0) is 18.8. The maximum Gasteiger partial charge on any atom is 0.234 e. The normalized spacial score (nSPS) is 11.1. The number of hydrogen-bond acceptors (Lipinski definition) is 6. The minimum absolute atomic E-state index is 0.675. The molecular formula is C19H17ClN4O2S. The minimum atomic E-state index is 0.675. The highest BCUT2D eigenvalue weighted by Gasteiger charge is 2.15.